The standard InChI is InChI=1S/C14H24O2/c1-13(15)16-14-11-9-7-5-3-2-4-6-8-10-12-14/h9,11,14H,2-8,10,12H2,1H3/b11-9-. The summed E-state index contributed by atoms with van der Waals surface area (Å²) in [5.41, 5.74) is 0. The van der Waals surface area contributed by atoms with Gasteiger partial charge in [0.15, 0.2) is 0 Å². The van der Waals surface area contributed by atoms with Gasteiger partial charge in [-0.1, -0.05) is 38.2 Å². The van der Waals surface area contributed by atoms with E-state index in [-0.39, 0.29) is 12.1 Å². The normalized spacial score (nSPS) is 26.2. The van der Waals surface area contributed by atoms with E-state index in [2.05, 4.69) is 12.2 Å². The predicted molar refractivity (Wildman–Crippen MR) is 66.2 cm³/mol. The Morgan fingerprint density at radius 2 is 1.69 bits per heavy atom. The van der Waals surface area contributed by atoms with Crippen molar-refractivity contribution >= 4 is 5.97 Å². The van der Waals surface area contributed by atoms with E-state index in [0.717, 1.165) is 12.8 Å². The lowest BCUT2D eigenvalue weighted by Crippen LogP contribution is -2.13. The van der Waals surface area contributed by atoms with E-state index in [4.69, 9.17) is 4.74 Å². The SMILES string of the molecule is CC(=O)OC1/C=C\CCCCCCCCC1. The summed E-state index contributed by atoms with van der Waals surface area (Å²) in [6, 6.07) is 0. The molecule has 1 unspecified atom stereocenters. The lowest BCUT2D eigenvalue weighted by Gasteiger charge is -2.13. The summed E-state index contributed by atoms with van der Waals surface area (Å²) >= 11 is 0. The molecule has 0 N–H and O–H groups in total. The summed E-state index contributed by atoms with van der Waals surface area (Å²) in [6.45, 7) is 1.49. The van der Waals surface area contributed by atoms with Crippen LogP contribution < -0.4 is 0 Å². The van der Waals surface area contributed by atoms with Crippen molar-refractivity contribution in [1.82, 2.24) is 0 Å². The third-order valence-electron chi connectivity index (χ3n) is 3.03. The van der Waals surface area contributed by atoms with Gasteiger partial charge in [-0.05, 0) is 31.8 Å². The van der Waals surface area contributed by atoms with Crippen LogP contribution in [0.1, 0.15) is 64.7 Å². The second-order valence-electron chi connectivity index (χ2n) is 4.63. The van der Waals surface area contributed by atoms with Gasteiger partial charge in [0.2, 0.25) is 0 Å². The molecule has 0 aromatic carbocycles. The van der Waals surface area contributed by atoms with Crippen LogP contribution in [0.2, 0.25) is 0 Å². The van der Waals surface area contributed by atoms with Crippen LogP contribution in [0, 0.1) is 0 Å². The minimum Gasteiger partial charge on any atom is -0.458 e. The van der Waals surface area contributed by atoms with Crippen LogP contribution in [0.15, 0.2) is 12.2 Å². The molecule has 2 heteroatoms. The largest absolute Gasteiger partial charge is 0.458 e. The maximum atomic E-state index is 10.9. The Bertz CT molecular complexity index is 221. The van der Waals surface area contributed by atoms with E-state index in [1.807, 2.05) is 0 Å². The lowest BCUT2D eigenvalue weighted by molar-refractivity contribution is -0.144. The van der Waals surface area contributed by atoms with Crippen LogP contribution in [0.25, 0.3) is 0 Å². The minimum absolute atomic E-state index is 0.0110. The summed E-state index contributed by atoms with van der Waals surface area (Å²) in [7, 11) is 0. The summed E-state index contributed by atoms with van der Waals surface area (Å²) in [4.78, 5) is 10.9. The highest BCUT2D eigenvalue weighted by atomic mass is 16.5. The molecule has 1 aliphatic rings. The van der Waals surface area contributed by atoms with E-state index in [0.29, 0.717) is 0 Å². The highest BCUT2D eigenvalue weighted by molar-refractivity contribution is 5.66. The zero-order chi connectivity index (χ0) is 11.6. The second-order valence-corrected chi connectivity index (χ2v) is 4.63. The highest BCUT2D eigenvalue weighted by Gasteiger charge is 2.07. The molecule has 0 aliphatic heterocycles. The molecule has 2 nitrogen and oxygen atoms in total. The van der Waals surface area contributed by atoms with Crippen molar-refractivity contribution in [1.29, 1.82) is 0 Å². The van der Waals surface area contributed by atoms with Gasteiger partial charge in [0.1, 0.15) is 6.10 Å². The molecular formula is C14H24O2. The number of ether oxygens (including phenoxy) is 1. The van der Waals surface area contributed by atoms with Gasteiger partial charge >= 0.3 is 5.97 Å². The van der Waals surface area contributed by atoms with E-state index < -0.39 is 0 Å². The van der Waals surface area contributed by atoms with Crippen molar-refractivity contribution in [2.45, 2.75) is 70.8 Å². The Balaban J connectivity index is 2.38. The molecule has 0 saturated heterocycles. The molecule has 1 aliphatic carbocycles. The fourth-order valence-corrected chi connectivity index (χ4v) is 2.15. The first kappa shape index (κ1) is 13.3. The first-order chi connectivity index (χ1) is 7.79. The Morgan fingerprint density at radius 1 is 1.06 bits per heavy atom. The Hall–Kier alpha value is -0.790. The van der Waals surface area contributed by atoms with Crippen molar-refractivity contribution in [2.24, 2.45) is 0 Å². The average molecular weight is 224 g/mol. The van der Waals surface area contributed by atoms with E-state index in [1.54, 1.807) is 0 Å². The topological polar surface area (TPSA) is 26.3 Å². The molecule has 1 atom stereocenters. The molecule has 0 heterocycles. The first-order valence-electron chi connectivity index (χ1n) is 6.63. The van der Waals surface area contributed by atoms with Crippen LogP contribution >= 0.6 is 0 Å². The van der Waals surface area contributed by atoms with Crippen LogP contribution in [0.4, 0.5) is 0 Å². The molecule has 0 aromatic heterocycles. The number of carbonyl (C=O) groups excluding carboxylic acids is 1. The smallest absolute Gasteiger partial charge is 0.303 e. The Labute approximate surface area is 99.1 Å². The van der Waals surface area contributed by atoms with Crippen LogP contribution in [0.3, 0.4) is 0 Å². The molecule has 0 saturated carbocycles. The van der Waals surface area contributed by atoms with Crippen molar-refractivity contribution in [3.05, 3.63) is 12.2 Å². The zero-order valence-corrected chi connectivity index (χ0v) is 10.4. The van der Waals surface area contributed by atoms with Gasteiger partial charge in [-0.2, -0.15) is 0 Å². The quantitative estimate of drug-likeness (QED) is 0.497. The third kappa shape index (κ3) is 6.65. The van der Waals surface area contributed by atoms with Crippen molar-refractivity contribution in [2.75, 3.05) is 0 Å². The molecule has 1 rings (SSSR count). The van der Waals surface area contributed by atoms with Gasteiger partial charge < -0.3 is 4.74 Å². The fraction of sp³-hybridized carbons (Fsp3) is 0.786. The van der Waals surface area contributed by atoms with Crippen LogP contribution in [-0.2, 0) is 9.53 Å². The van der Waals surface area contributed by atoms with E-state index in [9.17, 15) is 4.79 Å². The number of rotatable bonds is 1. The molecule has 0 radical (unpaired) electrons. The van der Waals surface area contributed by atoms with Gasteiger partial charge in [-0.25, -0.2) is 0 Å². The number of hydrogen-bond acceptors (Lipinski definition) is 2. The fourth-order valence-electron chi connectivity index (χ4n) is 2.15. The summed E-state index contributed by atoms with van der Waals surface area (Å²) in [5, 5.41) is 0. The summed E-state index contributed by atoms with van der Waals surface area (Å²) in [5.74, 6) is -0.165. The van der Waals surface area contributed by atoms with Gasteiger partial charge in [-0.3, -0.25) is 4.79 Å². The first-order valence-corrected chi connectivity index (χ1v) is 6.63. The number of carbonyl (C=O) groups is 1. The van der Waals surface area contributed by atoms with Gasteiger partial charge in [0, 0.05) is 6.92 Å². The molecular weight excluding hydrogens is 200 g/mol. The Kier molecular flexibility index (Phi) is 6.95. The van der Waals surface area contributed by atoms with Crippen molar-refractivity contribution in [3.63, 3.8) is 0 Å². The molecule has 16 heavy (non-hydrogen) atoms. The molecule has 0 amide bonds. The molecule has 0 fully saturated rings. The monoisotopic (exact) mass is 224 g/mol. The maximum absolute atomic E-state index is 10.9. The van der Waals surface area contributed by atoms with Crippen LogP contribution in [0.5, 0.6) is 0 Å². The second kappa shape index (κ2) is 8.37. The van der Waals surface area contributed by atoms with Gasteiger partial charge in [0.05, 0.1) is 0 Å². The van der Waals surface area contributed by atoms with Crippen LogP contribution in [-0.4, -0.2) is 12.1 Å². The van der Waals surface area contributed by atoms with Gasteiger partial charge in [-0.15, -0.1) is 0 Å². The molecule has 92 valence electrons. The Morgan fingerprint density at radius 3 is 2.38 bits per heavy atom. The lowest BCUT2D eigenvalue weighted by atomic mass is 10.0. The average Bonchev–Trinajstić information content (AvgIpc) is 2.21. The minimum atomic E-state index is -0.165. The third-order valence-corrected chi connectivity index (χ3v) is 3.03. The number of esters is 1. The van der Waals surface area contributed by atoms with E-state index >= 15 is 0 Å². The molecule has 0 bridgehead atoms. The highest BCUT2D eigenvalue weighted by Crippen LogP contribution is 2.15. The summed E-state index contributed by atoms with van der Waals surface area (Å²) < 4.78 is 5.27. The van der Waals surface area contributed by atoms with Crippen molar-refractivity contribution < 1.29 is 9.53 Å². The molecule has 0 spiro atoms. The predicted octanol–water partition coefficient (Wildman–Crippen LogP) is 4.00. The van der Waals surface area contributed by atoms with Crippen molar-refractivity contribution in [3.8, 4) is 0 Å². The van der Waals surface area contributed by atoms with Gasteiger partial charge in [0.25, 0.3) is 0 Å². The number of hydrogen-bond donors (Lipinski definition) is 0. The zero-order valence-electron chi connectivity index (χ0n) is 10.4. The molecule has 0 aromatic rings. The maximum Gasteiger partial charge on any atom is 0.303 e. The number of allylic oxidation sites excluding steroid dienone is 1. The van der Waals surface area contributed by atoms with E-state index in [1.165, 1.54) is 51.9 Å². The summed E-state index contributed by atoms with van der Waals surface area (Å²) in [6.07, 6.45) is 15.5.